The summed E-state index contributed by atoms with van der Waals surface area (Å²) >= 11 is 0. The summed E-state index contributed by atoms with van der Waals surface area (Å²) in [5, 5.41) is 10.6. The predicted octanol–water partition coefficient (Wildman–Crippen LogP) is 21.6. The number of aliphatic hydroxyl groups excluding tert-OH is 1. The van der Waals surface area contributed by atoms with E-state index in [0.29, 0.717) is 25.7 Å². The van der Waals surface area contributed by atoms with Crippen molar-refractivity contribution in [2.24, 2.45) is 11.8 Å². The molecule has 552 valence electrons. The molecular formula is C74H144O17P2. The maximum Gasteiger partial charge on any atom is 0.472 e. The minimum Gasteiger partial charge on any atom is -0.462 e. The van der Waals surface area contributed by atoms with Crippen LogP contribution >= 0.6 is 15.6 Å². The summed E-state index contributed by atoms with van der Waals surface area (Å²) < 4.78 is 68.2. The zero-order valence-electron chi connectivity index (χ0n) is 60.6. The van der Waals surface area contributed by atoms with Crippen LogP contribution in [0.4, 0.5) is 0 Å². The molecule has 3 N–H and O–H groups in total. The van der Waals surface area contributed by atoms with Crippen molar-refractivity contribution in [2.75, 3.05) is 39.6 Å². The molecule has 17 nitrogen and oxygen atoms in total. The molecule has 2 unspecified atom stereocenters. The Labute approximate surface area is 568 Å². The Hall–Kier alpha value is -1.94. The molecule has 0 radical (unpaired) electrons. The van der Waals surface area contributed by atoms with Crippen LogP contribution in [0.15, 0.2) is 0 Å². The van der Waals surface area contributed by atoms with E-state index in [1.54, 1.807) is 0 Å². The number of carbonyl (C=O) groups excluding carboxylic acids is 4. The highest BCUT2D eigenvalue weighted by molar-refractivity contribution is 7.47. The van der Waals surface area contributed by atoms with Crippen LogP contribution in [0.5, 0.6) is 0 Å². The lowest BCUT2D eigenvalue weighted by atomic mass is 10.0. The lowest BCUT2D eigenvalue weighted by Crippen LogP contribution is -2.30. The van der Waals surface area contributed by atoms with Gasteiger partial charge in [-0.15, -0.1) is 0 Å². The van der Waals surface area contributed by atoms with Crippen LogP contribution in [0, 0.1) is 11.8 Å². The van der Waals surface area contributed by atoms with Crippen molar-refractivity contribution in [3.63, 3.8) is 0 Å². The van der Waals surface area contributed by atoms with Crippen molar-refractivity contribution < 1.29 is 80.2 Å². The number of esters is 4. The highest BCUT2D eigenvalue weighted by Crippen LogP contribution is 2.45. The van der Waals surface area contributed by atoms with Gasteiger partial charge in [-0.05, 0) is 37.5 Å². The topological polar surface area (TPSA) is 237 Å². The third-order valence-corrected chi connectivity index (χ3v) is 19.1. The number of phosphoric acid groups is 2. The van der Waals surface area contributed by atoms with Gasteiger partial charge in [0.2, 0.25) is 0 Å². The average Bonchev–Trinajstić information content (AvgIpc) is 1.86. The highest BCUT2D eigenvalue weighted by Gasteiger charge is 2.30. The van der Waals surface area contributed by atoms with E-state index in [-0.39, 0.29) is 25.7 Å². The Morgan fingerprint density at radius 3 is 0.731 bits per heavy atom. The van der Waals surface area contributed by atoms with Crippen molar-refractivity contribution in [3.05, 3.63) is 0 Å². The van der Waals surface area contributed by atoms with E-state index in [1.807, 2.05) is 0 Å². The second-order valence-electron chi connectivity index (χ2n) is 27.6. The van der Waals surface area contributed by atoms with Crippen molar-refractivity contribution in [3.8, 4) is 0 Å². The fourth-order valence-electron chi connectivity index (χ4n) is 11.3. The summed E-state index contributed by atoms with van der Waals surface area (Å²) in [7, 11) is -9.90. The van der Waals surface area contributed by atoms with E-state index < -0.39 is 97.5 Å². The molecule has 0 fully saturated rings. The highest BCUT2D eigenvalue weighted by atomic mass is 31.2. The van der Waals surface area contributed by atoms with E-state index in [4.69, 9.17) is 37.0 Å². The van der Waals surface area contributed by atoms with Gasteiger partial charge in [-0.3, -0.25) is 37.3 Å². The molecule has 0 saturated carbocycles. The molecule has 0 aliphatic carbocycles. The summed E-state index contributed by atoms with van der Waals surface area (Å²) in [6.45, 7) is 9.55. The van der Waals surface area contributed by atoms with Gasteiger partial charge in [0.05, 0.1) is 26.4 Å². The van der Waals surface area contributed by atoms with Gasteiger partial charge in [0, 0.05) is 25.7 Å². The van der Waals surface area contributed by atoms with Gasteiger partial charge in [0.15, 0.2) is 12.2 Å². The maximum absolute atomic E-state index is 13.1. The molecule has 0 heterocycles. The second kappa shape index (κ2) is 66.0. The van der Waals surface area contributed by atoms with Gasteiger partial charge >= 0.3 is 39.5 Å². The van der Waals surface area contributed by atoms with Crippen LogP contribution < -0.4 is 0 Å². The average molecular weight is 1370 g/mol. The number of aliphatic hydroxyl groups is 1. The largest absolute Gasteiger partial charge is 0.472 e. The van der Waals surface area contributed by atoms with Gasteiger partial charge in [0.1, 0.15) is 19.3 Å². The first-order valence-corrected chi connectivity index (χ1v) is 41.5. The summed E-state index contributed by atoms with van der Waals surface area (Å²) in [6.07, 6.45) is 53.1. The Balaban J connectivity index is 5.14. The summed E-state index contributed by atoms with van der Waals surface area (Å²) in [5.74, 6) is -0.528. The van der Waals surface area contributed by atoms with Crippen LogP contribution in [0.25, 0.3) is 0 Å². The zero-order valence-corrected chi connectivity index (χ0v) is 62.3. The lowest BCUT2D eigenvalue weighted by molar-refractivity contribution is -0.161. The minimum atomic E-state index is -4.95. The van der Waals surface area contributed by atoms with Gasteiger partial charge in [-0.1, -0.05) is 330 Å². The van der Waals surface area contributed by atoms with Crippen LogP contribution in [0.2, 0.25) is 0 Å². The fourth-order valence-corrected chi connectivity index (χ4v) is 12.9. The van der Waals surface area contributed by atoms with Gasteiger partial charge in [-0.25, -0.2) is 9.13 Å². The van der Waals surface area contributed by atoms with Crippen LogP contribution in [-0.2, 0) is 65.4 Å². The first kappa shape index (κ1) is 91.1. The number of phosphoric ester groups is 2. The monoisotopic (exact) mass is 1370 g/mol. The molecule has 0 saturated heterocycles. The molecule has 0 aromatic heterocycles. The third kappa shape index (κ3) is 68.4. The summed E-state index contributed by atoms with van der Waals surface area (Å²) in [6, 6.07) is 0. The van der Waals surface area contributed by atoms with Gasteiger partial charge in [0.25, 0.3) is 0 Å². The van der Waals surface area contributed by atoms with Crippen LogP contribution in [0.1, 0.15) is 382 Å². The standard InChI is InChI=1S/C74H144O17P2/c1-7-9-11-13-14-15-16-22-30-35-40-46-52-58-73(78)90-69(62-84-71(76)56-50-42-12-10-8-2)64-88-92(80,81)86-60-68(75)61-87-93(82,83)89-65-70(63-85-72(77)57-51-45-39-34-29-26-21-24-28-33-38-44-49-55-67(5)6)91-74(79)59-53-47-41-36-31-25-20-18-17-19-23-27-32-37-43-48-54-66(3)4/h66-70,75H,7-65H2,1-6H3,(H,80,81)(H,82,83)/t68-,69+,70+/m0/s1. The molecule has 5 atom stereocenters. The van der Waals surface area contributed by atoms with Crippen molar-refractivity contribution in [1.29, 1.82) is 0 Å². The van der Waals surface area contributed by atoms with Crippen LogP contribution in [0.3, 0.4) is 0 Å². The maximum atomic E-state index is 13.1. The molecule has 0 aliphatic heterocycles. The Morgan fingerprint density at radius 2 is 0.495 bits per heavy atom. The quantitative estimate of drug-likeness (QED) is 0.0222. The Kier molecular flexibility index (Phi) is 64.6. The van der Waals surface area contributed by atoms with Crippen molar-refractivity contribution in [1.82, 2.24) is 0 Å². The zero-order chi connectivity index (χ0) is 68.6. The normalized spacial score (nSPS) is 14.1. The molecule has 0 aromatic carbocycles. The van der Waals surface area contributed by atoms with E-state index in [9.17, 15) is 43.2 Å². The Morgan fingerprint density at radius 1 is 0.290 bits per heavy atom. The van der Waals surface area contributed by atoms with Gasteiger partial charge < -0.3 is 33.8 Å². The van der Waals surface area contributed by atoms with E-state index >= 15 is 0 Å². The number of ether oxygens (including phenoxy) is 4. The number of carbonyl (C=O) groups is 4. The van der Waals surface area contributed by atoms with Gasteiger partial charge in [-0.2, -0.15) is 0 Å². The van der Waals surface area contributed by atoms with Crippen molar-refractivity contribution >= 4 is 39.5 Å². The molecule has 0 bridgehead atoms. The SMILES string of the molecule is CCCCCCCCCCCCCCCC(=O)O[C@H](COC(=O)CCCCCCC)COP(=O)(O)OC[C@H](O)COP(=O)(O)OC[C@@H](COC(=O)CCCCCCCCCCCCCCCC(C)C)OC(=O)CCCCCCCCCCCCCCCCCCC(C)C. The predicted molar refractivity (Wildman–Crippen MR) is 377 cm³/mol. The summed E-state index contributed by atoms with van der Waals surface area (Å²) in [5.41, 5.74) is 0. The number of hydrogen-bond donors (Lipinski definition) is 3. The molecule has 0 rings (SSSR count). The van der Waals surface area contributed by atoms with E-state index in [1.165, 1.54) is 193 Å². The third-order valence-electron chi connectivity index (χ3n) is 17.2. The smallest absolute Gasteiger partial charge is 0.462 e. The number of rotatable bonds is 73. The Bertz CT molecular complexity index is 1800. The minimum absolute atomic E-state index is 0.107. The number of unbranched alkanes of at least 4 members (excludes halogenated alkanes) is 43. The molecular weight excluding hydrogens is 1220 g/mol. The second-order valence-corrected chi connectivity index (χ2v) is 30.5. The molecule has 0 spiro atoms. The molecule has 0 aliphatic rings. The molecule has 0 aromatic rings. The molecule has 19 heteroatoms. The first-order chi connectivity index (χ1) is 44.9. The van der Waals surface area contributed by atoms with E-state index in [0.717, 1.165) is 108 Å². The molecule has 93 heavy (non-hydrogen) atoms. The molecule has 0 amide bonds. The number of hydrogen-bond acceptors (Lipinski definition) is 15. The summed E-state index contributed by atoms with van der Waals surface area (Å²) in [4.78, 5) is 72.4. The lowest BCUT2D eigenvalue weighted by Gasteiger charge is -2.21. The van der Waals surface area contributed by atoms with Crippen LogP contribution in [-0.4, -0.2) is 96.7 Å². The van der Waals surface area contributed by atoms with Crippen molar-refractivity contribution in [2.45, 2.75) is 400 Å². The van der Waals surface area contributed by atoms with E-state index in [2.05, 4.69) is 41.5 Å². The fraction of sp³-hybridized carbons (Fsp3) is 0.946. The first-order valence-electron chi connectivity index (χ1n) is 38.5.